The fraction of sp³-hybridized carbons (Fsp3) is 0.355. The first-order chi connectivity index (χ1) is 19.9. The zero-order chi connectivity index (χ0) is 28.5. The van der Waals surface area contributed by atoms with E-state index in [1.807, 2.05) is 12.1 Å². The Morgan fingerprint density at radius 1 is 0.951 bits per heavy atom. The van der Waals surface area contributed by atoms with Gasteiger partial charge in [-0.3, -0.25) is 34.3 Å². The van der Waals surface area contributed by atoms with Crippen LogP contribution in [0, 0.1) is 11.7 Å². The lowest BCUT2D eigenvalue weighted by Crippen LogP contribution is -2.54. The number of nitrogens with one attached hydrogen (secondary N) is 2. The molecule has 0 aromatic heterocycles. The molecular weight excluding hydrogens is 525 g/mol. The molecule has 3 heterocycles. The average Bonchev–Trinajstić information content (AvgIpc) is 3.23. The van der Waals surface area contributed by atoms with E-state index in [9.17, 15) is 23.6 Å². The lowest BCUT2D eigenvalue weighted by Gasteiger charge is -2.37. The number of anilines is 2. The van der Waals surface area contributed by atoms with Gasteiger partial charge in [0, 0.05) is 57.1 Å². The Labute approximate surface area is 237 Å². The van der Waals surface area contributed by atoms with E-state index in [2.05, 4.69) is 38.7 Å². The van der Waals surface area contributed by atoms with Crippen LogP contribution in [-0.4, -0.2) is 78.7 Å². The summed E-state index contributed by atoms with van der Waals surface area (Å²) >= 11 is 0. The lowest BCUT2D eigenvalue weighted by atomic mass is 9.95. The highest BCUT2D eigenvalue weighted by molar-refractivity contribution is 6.25. The molecule has 41 heavy (non-hydrogen) atoms. The summed E-state index contributed by atoms with van der Waals surface area (Å²) in [6.45, 7) is 5.22. The topological polar surface area (TPSA) is 102 Å². The number of benzene rings is 2. The highest BCUT2D eigenvalue weighted by Crippen LogP contribution is 2.32. The second kappa shape index (κ2) is 11.3. The molecule has 4 aliphatic rings. The molecule has 0 radical (unpaired) electrons. The molecule has 6 rings (SSSR count). The maximum absolute atomic E-state index is 13.3. The van der Waals surface area contributed by atoms with E-state index >= 15 is 0 Å². The van der Waals surface area contributed by atoms with E-state index in [1.54, 1.807) is 18.2 Å². The third-order valence-electron chi connectivity index (χ3n) is 8.27. The number of imide groups is 2. The number of fused-ring (bicyclic) bond motifs is 1. The standard InChI is InChI=1S/C31H32FN5O4/c32-22-8-10-23(11-9-22)36-16-14-35(15-17-36)19-21-6-4-20(5-7-21)18-33-25-3-1-2-24-28(25)31(41)37(30(24)40)26-12-13-27(38)34-29(26)39/h1-6,8-11,21,26,33H,7,12-19H2,(H,34,38,39). The van der Waals surface area contributed by atoms with Crippen molar-refractivity contribution in [1.82, 2.24) is 15.1 Å². The van der Waals surface area contributed by atoms with Gasteiger partial charge in [0.05, 0.1) is 11.1 Å². The Balaban J connectivity index is 1.02. The third kappa shape index (κ3) is 5.52. The summed E-state index contributed by atoms with van der Waals surface area (Å²) in [4.78, 5) is 56.0. The van der Waals surface area contributed by atoms with Crippen molar-refractivity contribution in [1.29, 1.82) is 0 Å². The van der Waals surface area contributed by atoms with Crippen molar-refractivity contribution in [3.63, 3.8) is 0 Å². The summed E-state index contributed by atoms with van der Waals surface area (Å²) < 4.78 is 13.2. The van der Waals surface area contributed by atoms with Crippen molar-refractivity contribution in [2.45, 2.75) is 25.3 Å². The molecule has 2 N–H and O–H groups in total. The fourth-order valence-electron chi connectivity index (χ4n) is 6.01. The van der Waals surface area contributed by atoms with Gasteiger partial charge in [0.15, 0.2) is 0 Å². The Bertz CT molecular complexity index is 1440. The summed E-state index contributed by atoms with van der Waals surface area (Å²) in [7, 11) is 0. The number of amides is 4. The highest BCUT2D eigenvalue weighted by Gasteiger charge is 2.45. The Morgan fingerprint density at radius 3 is 2.44 bits per heavy atom. The van der Waals surface area contributed by atoms with E-state index in [4.69, 9.17) is 0 Å². The lowest BCUT2D eigenvalue weighted by molar-refractivity contribution is -0.136. The van der Waals surface area contributed by atoms with Crippen molar-refractivity contribution < 1.29 is 23.6 Å². The average molecular weight is 558 g/mol. The quantitative estimate of drug-likeness (QED) is 0.505. The maximum Gasteiger partial charge on any atom is 0.264 e. The largest absolute Gasteiger partial charge is 0.380 e. The molecule has 2 aromatic rings. The first kappa shape index (κ1) is 26.9. The molecular formula is C31H32FN5O4. The van der Waals surface area contributed by atoms with Crippen LogP contribution >= 0.6 is 0 Å². The number of nitrogens with zero attached hydrogens (tertiary/aromatic N) is 3. The van der Waals surface area contributed by atoms with Crippen molar-refractivity contribution >= 4 is 35.0 Å². The molecule has 10 heteroatoms. The molecule has 3 aliphatic heterocycles. The number of hydrogen-bond donors (Lipinski definition) is 2. The summed E-state index contributed by atoms with van der Waals surface area (Å²) in [6, 6.07) is 10.8. The number of allylic oxidation sites excluding steroid dienone is 1. The molecule has 2 saturated heterocycles. The Hall–Kier alpha value is -4.31. The number of carbonyl (C=O) groups excluding carboxylic acids is 4. The van der Waals surface area contributed by atoms with E-state index < -0.39 is 29.7 Å². The summed E-state index contributed by atoms with van der Waals surface area (Å²) in [6.07, 6.45) is 7.68. The number of piperazine rings is 1. The minimum Gasteiger partial charge on any atom is -0.380 e. The van der Waals surface area contributed by atoms with Crippen LogP contribution in [0.15, 0.2) is 66.3 Å². The summed E-state index contributed by atoms with van der Waals surface area (Å²) in [5.74, 6) is -1.85. The SMILES string of the molecule is O=C1CCC(N2C(=O)c3cccc(NCC4=CCC(CN5CCN(c6ccc(F)cc6)CC5)C=C4)c3C2=O)C(=O)N1. The van der Waals surface area contributed by atoms with Crippen LogP contribution < -0.4 is 15.5 Å². The van der Waals surface area contributed by atoms with Gasteiger partial charge < -0.3 is 10.2 Å². The number of carbonyl (C=O) groups is 4. The monoisotopic (exact) mass is 557 g/mol. The third-order valence-corrected chi connectivity index (χ3v) is 8.27. The molecule has 1 aliphatic carbocycles. The highest BCUT2D eigenvalue weighted by atomic mass is 19.1. The zero-order valence-electron chi connectivity index (χ0n) is 22.6. The molecule has 4 amide bonds. The van der Waals surface area contributed by atoms with Crippen LogP contribution in [0.3, 0.4) is 0 Å². The van der Waals surface area contributed by atoms with Gasteiger partial charge in [-0.15, -0.1) is 0 Å². The molecule has 2 atom stereocenters. The second-order valence-corrected chi connectivity index (χ2v) is 10.9. The number of halogens is 1. The molecule has 2 unspecified atom stereocenters. The van der Waals surface area contributed by atoms with Crippen molar-refractivity contribution in [2.24, 2.45) is 5.92 Å². The number of rotatable bonds is 7. The first-order valence-corrected chi connectivity index (χ1v) is 14.1. The predicted molar refractivity (Wildman–Crippen MR) is 152 cm³/mol. The molecule has 212 valence electrons. The molecule has 0 bridgehead atoms. The molecule has 0 spiro atoms. The number of hydrogen-bond acceptors (Lipinski definition) is 7. The van der Waals surface area contributed by atoms with E-state index in [1.165, 1.54) is 12.1 Å². The maximum atomic E-state index is 13.3. The zero-order valence-corrected chi connectivity index (χ0v) is 22.6. The molecule has 2 fully saturated rings. The predicted octanol–water partition coefficient (Wildman–Crippen LogP) is 2.96. The van der Waals surface area contributed by atoms with E-state index in [-0.39, 0.29) is 29.8 Å². The first-order valence-electron chi connectivity index (χ1n) is 14.1. The van der Waals surface area contributed by atoms with Gasteiger partial charge in [-0.2, -0.15) is 0 Å². The van der Waals surface area contributed by atoms with Crippen LogP contribution in [0.25, 0.3) is 0 Å². The van der Waals surface area contributed by atoms with Crippen LogP contribution in [0.4, 0.5) is 15.8 Å². The number of piperidine rings is 1. The fourth-order valence-corrected chi connectivity index (χ4v) is 6.01. The Kier molecular flexibility index (Phi) is 7.40. The minimum absolute atomic E-state index is 0.0859. The van der Waals surface area contributed by atoms with Crippen LogP contribution in [0.2, 0.25) is 0 Å². The van der Waals surface area contributed by atoms with Crippen LogP contribution in [-0.2, 0) is 9.59 Å². The van der Waals surface area contributed by atoms with Crippen LogP contribution in [0.1, 0.15) is 40.0 Å². The van der Waals surface area contributed by atoms with Crippen LogP contribution in [0.5, 0.6) is 0 Å². The van der Waals surface area contributed by atoms with Gasteiger partial charge >= 0.3 is 0 Å². The molecule has 0 saturated carbocycles. The molecule has 2 aromatic carbocycles. The second-order valence-electron chi connectivity index (χ2n) is 10.9. The smallest absolute Gasteiger partial charge is 0.264 e. The molecule has 9 nitrogen and oxygen atoms in total. The van der Waals surface area contributed by atoms with Gasteiger partial charge in [0.2, 0.25) is 11.8 Å². The van der Waals surface area contributed by atoms with Gasteiger partial charge in [0.25, 0.3) is 11.8 Å². The normalized spacial score (nSPS) is 23.0. The van der Waals surface area contributed by atoms with Gasteiger partial charge in [-0.1, -0.05) is 24.3 Å². The minimum atomic E-state index is -0.986. The summed E-state index contributed by atoms with van der Waals surface area (Å²) in [5, 5.41) is 5.54. The van der Waals surface area contributed by atoms with Crippen molar-refractivity contribution in [3.8, 4) is 0 Å². The van der Waals surface area contributed by atoms with E-state index in [0.29, 0.717) is 18.2 Å². The van der Waals surface area contributed by atoms with Gasteiger partial charge in [0.1, 0.15) is 11.9 Å². The summed E-state index contributed by atoms with van der Waals surface area (Å²) in [5.41, 5.74) is 3.23. The van der Waals surface area contributed by atoms with Gasteiger partial charge in [-0.05, 0) is 60.7 Å². The van der Waals surface area contributed by atoms with Crippen molar-refractivity contribution in [3.05, 3.63) is 83.2 Å². The van der Waals surface area contributed by atoms with Crippen molar-refractivity contribution in [2.75, 3.05) is 49.5 Å². The van der Waals surface area contributed by atoms with Gasteiger partial charge in [-0.25, -0.2) is 4.39 Å². The van der Waals surface area contributed by atoms with E-state index in [0.717, 1.165) is 55.3 Å². The Morgan fingerprint density at radius 2 is 1.73 bits per heavy atom.